The van der Waals surface area contributed by atoms with Crippen LogP contribution in [0.4, 0.5) is 11.4 Å². The van der Waals surface area contributed by atoms with Gasteiger partial charge in [-0.3, -0.25) is 19.4 Å². The van der Waals surface area contributed by atoms with Crippen LogP contribution in [0.15, 0.2) is 55.0 Å². The van der Waals surface area contributed by atoms with Crippen LogP contribution < -0.4 is 15.0 Å². The zero-order chi connectivity index (χ0) is 25.9. The van der Waals surface area contributed by atoms with Crippen molar-refractivity contribution in [2.75, 3.05) is 36.5 Å². The summed E-state index contributed by atoms with van der Waals surface area (Å²) in [6.45, 7) is 3.54. The second-order valence-electron chi connectivity index (χ2n) is 10.0. The standard InChI is InChI=1S/C29H32N6O3/c36-29(37)16-28(20-14-23(19-30-17-20)34-11-1-2-12-34)35-27-8-6-24(15-21(27)18-32-35)38-13-9-22-5-7-25-26(33-22)4-3-10-31-25/h5-8,14-15,17-19,28,31H,1-4,9-13,16H2,(H,36,37). The summed E-state index contributed by atoms with van der Waals surface area (Å²) in [5.74, 6) is -0.124. The van der Waals surface area contributed by atoms with Crippen LogP contribution >= 0.6 is 0 Å². The van der Waals surface area contributed by atoms with Crippen molar-refractivity contribution in [2.24, 2.45) is 0 Å². The first kappa shape index (κ1) is 24.2. The molecule has 4 aromatic rings. The summed E-state index contributed by atoms with van der Waals surface area (Å²) in [6.07, 6.45) is 10.5. The molecule has 9 nitrogen and oxygen atoms in total. The van der Waals surface area contributed by atoms with E-state index in [9.17, 15) is 9.90 Å². The van der Waals surface area contributed by atoms with E-state index in [1.807, 2.05) is 24.4 Å². The Hall–Kier alpha value is -4.14. The molecule has 2 aliphatic rings. The molecule has 1 saturated heterocycles. The van der Waals surface area contributed by atoms with Gasteiger partial charge in [0.25, 0.3) is 0 Å². The Morgan fingerprint density at radius 3 is 2.84 bits per heavy atom. The first-order chi connectivity index (χ1) is 18.6. The minimum absolute atomic E-state index is 0.0799. The Kier molecular flexibility index (Phi) is 6.81. The molecule has 0 bridgehead atoms. The maximum absolute atomic E-state index is 11.8. The van der Waals surface area contributed by atoms with E-state index in [0.29, 0.717) is 6.61 Å². The fraction of sp³-hybridized carbons (Fsp3) is 0.379. The number of hydrogen-bond donors (Lipinski definition) is 2. The summed E-state index contributed by atoms with van der Waals surface area (Å²) in [5.41, 5.74) is 6.05. The van der Waals surface area contributed by atoms with Gasteiger partial charge in [0.2, 0.25) is 0 Å². The lowest BCUT2D eigenvalue weighted by molar-refractivity contribution is -0.137. The van der Waals surface area contributed by atoms with E-state index in [1.54, 1.807) is 17.1 Å². The fourth-order valence-electron chi connectivity index (χ4n) is 5.45. The molecule has 5 heterocycles. The van der Waals surface area contributed by atoms with E-state index in [2.05, 4.69) is 38.5 Å². The molecule has 0 aliphatic carbocycles. The Morgan fingerprint density at radius 1 is 1.08 bits per heavy atom. The van der Waals surface area contributed by atoms with Crippen molar-refractivity contribution in [1.29, 1.82) is 0 Å². The molecule has 0 amide bonds. The number of nitrogens with zero attached hydrogens (tertiary/aromatic N) is 5. The van der Waals surface area contributed by atoms with Crippen LogP contribution in [0.2, 0.25) is 0 Å². The third-order valence-electron chi connectivity index (χ3n) is 7.40. The van der Waals surface area contributed by atoms with Gasteiger partial charge in [-0.1, -0.05) is 0 Å². The molecule has 6 rings (SSSR count). The van der Waals surface area contributed by atoms with Crippen LogP contribution in [0.5, 0.6) is 5.75 Å². The number of ether oxygens (including phenoxy) is 1. The number of carboxylic acids is 1. The monoisotopic (exact) mass is 512 g/mol. The van der Waals surface area contributed by atoms with Gasteiger partial charge in [0, 0.05) is 43.3 Å². The van der Waals surface area contributed by atoms with Crippen LogP contribution in [-0.2, 0) is 17.6 Å². The van der Waals surface area contributed by atoms with Crippen LogP contribution in [-0.4, -0.2) is 57.1 Å². The molecular formula is C29H32N6O3. The average Bonchev–Trinajstić information content (AvgIpc) is 3.62. The summed E-state index contributed by atoms with van der Waals surface area (Å²) in [4.78, 5) is 23.4. The van der Waals surface area contributed by atoms with Gasteiger partial charge in [-0.15, -0.1) is 0 Å². The molecule has 2 N–H and O–H groups in total. The van der Waals surface area contributed by atoms with Crippen LogP contribution in [0.25, 0.3) is 10.9 Å². The molecule has 0 radical (unpaired) electrons. The highest BCUT2D eigenvalue weighted by Gasteiger charge is 2.23. The Bertz CT molecular complexity index is 1450. The summed E-state index contributed by atoms with van der Waals surface area (Å²) in [5, 5.41) is 18.6. The lowest BCUT2D eigenvalue weighted by Crippen LogP contribution is -2.20. The topological polar surface area (TPSA) is 105 Å². The Balaban J connectivity index is 1.19. The lowest BCUT2D eigenvalue weighted by Gasteiger charge is -2.21. The zero-order valence-electron chi connectivity index (χ0n) is 21.3. The smallest absolute Gasteiger partial charge is 0.305 e. The molecular weight excluding hydrogens is 480 g/mol. The first-order valence-corrected chi connectivity index (χ1v) is 13.4. The summed E-state index contributed by atoms with van der Waals surface area (Å²) in [6, 6.07) is 11.6. The maximum Gasteiger partial charge on any atom is 0.305 e. The van der Waals surface area contributed by atoms with Gasteiger partial charge in [0.05, 0.1) is 54.0 Å². The number of aryl methyl sites for hydroxylation is 1. The Labute approximate surface area is 221 Å². The number of benzene rings is 1. The van der Waals surface area contributed by atoms with E-state index < -0.39 is 12.0 Å². The predicted molar refractivity (Wildman–Crippen MR) is 146 cm³/mol. The quantitative estimate of drug-likeness (QED) is 0.338. The largest absolute Gasteiger partial charge is 0.493 e. The van der Waals surface area contributed by atoms with E-state index in [1.165, 1.54) is 0 Å². The first-order valence-electron chi connectivity index (χ1n) is 13.4. The second kappa shape index (κ2) is 10.7. The number of carbonyl (C=O) groups is 1. The summed E-state index contributed by atoms with van der Waals surface area (Å²) >= 11 is 0. The van der Waals surface area contributed by atoms with Gasteiger partial charge < -0.3 is 20.1 Å². The summed E-state index contributed by atoms with van der Waals surface area (Å²) < 4.78 is 7.85. The molecule has 0 saturated carbocycles. The SMILES string of the molecule is O=C(O)CC(c1cncc(N2CCCC2)c1)n1ncc2cc(OCCc3ccc4c(n3)CCCN4)ccc21. The molecule has 196 valence electrons. The van der Waals surface area contributed by atoms with Gasteiger partial charge >= 0.3 is 5.97 Å². The van der Waals surface area contributed by atoms with E-state index in [-0.39, 0.29) is 6.42 Å². The molecule has 1 fully saturated rings. The van der Waals surface area contributed by atoms with Gasteiger partial charge in [0.1, 0.15) is 5.75 Å². The predicted octanol–water partition coefficient (Wildman–Crippen LogP) is 4.47. The summed E-state index contributed by atoms with van der Waals surface area (Å²) in [7, 11) is 0. The zero-order valence-corrected chi connectivity index (χ0v) is 21.3. The minimum Gasteiger partial charge on any atom is -0.493 e. The highest BCUT2D eigenvalue weighted by atomic mass is 16.5. The molecule has 9 heteroatoms. The maximum atomic E-state index is 11.8. The van der Waals surface area contributed by atoms with Crippen LogP contribution in [0.3, 0.4) is 0 Å². The van der Waals surface area contributed by atoms with Gasteiger partial charge in [-0.05, 0) is 67.6 Å². The molecule has 2 aliphatic heterocycles. The van der Waals surface area contributed by atoms with Crippen molar-refractivity contribution in [3.05, 3.63) is 71.9 Å². The van der Waals surface area contributed by atoms with Crippen molar-refractivity contribution in [3.63, 3.8) is 0 Å². The van der Waals surface area contributed by atoms with Crippen molar-refractivity contribution < 1.29 is 14.6 Å². The van der Waals surface area contributed by atoms with E-state index in [4.69, 9.17) is 9.72 Å². The number of hydrogen-bond acceptors (Lipinski definition) is 7. The Morgan fingerprint density at radius 2 is 1.97 bits per heavy atom. The van der Waals surface area contributed by atoms with Crippen LogP contribution in [0, 0.1) is 0 Å². The third-order valence-corrected chi connectivity index (χ3v) is 7.40. The van der Waals surface area contributed by atoms with Crippen molar-refractivity contribution in [2.45, 2.75) is 44.6 Å². The highest BCUT2D eigenvalue weighted by molar-refractivity contribution is 5.81. The number of anilines is 2. The van der Waals surface area contributed by atoms with Crippen LogP contribution in [0.1, 0.15) is 48.7 Å². The normalized spacial score (nSPS) is 15.7. The van der Waals surface area contributed by atoms with Gasteiger partial charge in [-0.2, -0.15) is 5.10 Å². The number of aliphatic carboxylic acids is 1. The van der Waals surface area contributed by atoms with Gasteiger partial charge in [0.15, 0.2) is 0 Å². The number of nitrogens with one attached hydrogen (secondary N) is 1. The second-order valence-corrected chi connectivity index (χ2v) is 10.0. The fourth-order valence-corrected chi connectivity index (χ4v) is 5.45. The van der Waals surface area contributed by atoms with Crippen molar-refractivity contribution >= 4 is 28.2 Å². The van der Waals surface area contributed by atoms with Gasteiger partial charge in [-0.25, -0.2) is 0 Å². The lowest BCUT2D eigenvalue weighted by atomic mass is 10.0. The number of carboxylic acid groups (broad SMARTS) is 1. The number of aromatic nitrogens is 4. The highest BCUT2D eigenvalue weighted by Crippen LogP contribution is 2.31. The average molecular weight is 513 g/mol. The minimum atomic E-state index is -0.878. The van der Waals surface area contributed by atoms with Crippen molar-refractivity contribution in [1.82, 2.24) is 19.7 Å². The number of rotatable bonds is 9. The molecule has 1 atom stereocenters. The number of pyridine rings is 2. The third kappa shape index (κ3) is 5.14. The molecule has 3 aromatic heterocycles. The van der Waals surface area contributed by atoms with Crippen molar-refractivity contribution in [3.8, 4) is 5.75 Å². The molecule has 38 heavy (non-hydrogen) atoms. The van der Waals surface area contributed by atoms with E-state index in [0.717, 1.165) is 96.7 Å². The molecule has 0 spiro atoms. The van der Waals surface area contributed by atoms with E-state index >= 15 is 0 Å². The molecule has 1 aromatic carbocycles. The number of fused-ring (bicyclic) bond motifs is 2. The molecule has 1 unspecified atom stereocenters.